The van der Waals surface area contributed by atoms with Gasteiger partial charge in [0, 0.05) is 34.5 Å². The van der Waals surface area contributed by atoms with E-state index in [0.29, 0.717) is 37.0 Å². The first-order valence-corrected chi connectivity index (χ1v) is 11.1. The number of halogens is 1. The molecular weight excluding hydrogens is 438 g/mol. The van der Waals surface area contributed by atoms with E-state index in [4.69, 9.17) is 26.3 Å². The molecule has 1 aromatic heterocycles. The van der Waals surface area contributed by atoms with Crippen LogP contribution in [0.25, 0.3) is 0 Å². The Morgan fingerprint density at radius 1 is 1.32 bits per heavy atom. The van der Waals surface area contributed by atoms with Crippen molar-refractivity contribution in [2.24, 2.45) is 9.98 Å². The first kappa shape index (κ1) is 21.3. The number of hydrogen-bond acceptors (Lipinski definition) is 7. The number of carbonyl (C=O) groups is 2. The highest BCUT2D eigenvalue weighted by atomic mass is 35.5. The molecule has 162 valence electrons. The molecule has 8 nitrogen and oxygen atoms in total. The van der Waals surface area contributed by atoms with E-state index in [-0.39, 0.29) is 18.5 Å². The smallest absolute Gasteiger partial charge is 0.410 e. The van der Waals surface area contributed by atoms with Crippen molar-refractivity contribution in [2.75, 3.05) is 19.7 Å². The van der Waals surface area contributed by atoms with Crippen molar-refractivity contribution < 1.29 is 14.3 Å². The van der Waals surface area contributed by atoms with Crippen LogP contribution in [0.4, 0.5) is 9.80 Å². The molecule has 2 N–H and O–H groups in total. The lowest BCUT2D eigenvalue weighted by molar-refractivity contribution is -0.119. The molecule has 10 heteroatoms. The van der Waals surface area contributed by atoms with Gasteiger partial charge < -0.3 is 9.64 Å². The number of aliphatic imine (C=N–C) groups is 2. The molecule has 3 heterocycles. The van der Waals surface area contributed by atoms with Gasteiger partial charge >= 0.3 is 6.09 Å². The quantitative estimate of drug-likeness (QED) is 0.672. The second kappa shape index (κ2) is 9.07. The lowest BCUT2D eigenvalue weighted by Gasteiger charge is -2.26. The molecule has 2 amide bonds. The third kappa shape index (κ3) is 4.42. The van der Waals surface area contributed by atoms with Gasteiger partial charge in [-0.2, -0.15) is 0 Å². The summed E-state index contributed by atoms with van der Waals surface area (Å²) >= 11 is 8.03. The Morgan fingerprint density at radius 2 is 2.13 bits per heavy atom. The SMILES string of the molecule is CCOC(=O)N1CCc2c(sc3c2C(c2ccccc2Cl)=NCC(NNC(C)=O)=N3)C1. The number of hydrazine groups is 1. The van der Waals surface area contributed by atoms with Gasteiger partial charge in [0.25, 0.3) is 0 Å². The first-order chi connectivity index (χ1) is 15.0. The predicted molar refractivity (Wildman–Crippen MR) is 121 cm³/mol. The molecule has 2 aliphatic rings. The highest BCUT2D eigenvalue weighted by Crippen LogP contribution is 2.42. The van der Waals surface area contributed by atoms with Crippen LogP contribution in [0.15, 0.2) is 34.3 Å². The molecule has 0 aliphatic carbocycles. The van der Waals surface area contributed by atoms with Gasteiger partial charge in [0.15, 0.2) is 0 Å². The first-order valence-electron chi connectivity index (χ1n) is 9.94. The van der Waals surface area contributed by atoms with Crippen molar-refractivity contribution in [3.8, 4) is 0 Å². The summed E-state index contributed by atoms with van der Waals surface area (Å²) in [5, 5.41) is 1.38. The van der Waals surface area contributed by atoms with Gasteiger partial charge in [0.05, 0.1) is 25.4 Å². The van der Waals surface area contributed by atoms with E-state index in [1.807, 2.05) is 24.3 Å². The van der Waals surface area contributed by atoms with Crippen molar-refractivity contribution in [1.82, 2.24) is 15.8 Å². The highest BCUT2D eigenvalue weighted by Gasteiger charge is 2.31. The molecule has 0 saturated carbocycles. The number of ether oxygens (including phenoxy) is 1. The third-order valence-corrected chi connectivity index (χ3v) is 6.38. The molecule has 0 fully saturated rings. The molecule has 4 rings (SSSR count). The maximum Gasteiger partial charge on any atom is 0.410 e. The largest absolute Gasteiger partial charge is 0.450 e. The Balaban J connectivity index is 1.77. The minimum absolute atomic E-state index is 0.224. The second-order valence-corrected chi connectivity index (χ2v) is 8.55. The van der Waals surface area contributed by atoms with Gasteiger partial charge in [0.2, 0.25) is 5.91 Å². The third-order valence-electron chi connectivity index (χ3n) is 4.94. The fourth-order valence-electron chi connectivity index (χ4n) is 3.57. The Bertz CT molecular complexity index is 1090. The maximum atomic E-state index is 12.2. The predicted octanol–water partition coefficient (Wildman–Crippen LogP) is 3.44. The van der Waals surface area contributed by atoms with Crippen LogP contribution >= 0.6 is 22.9 Å². The lowest BCUT2D eigenvalue weighted by atomic mass is 9.95. The van der Waals surface area contributed by atoms with Gasteiger partial charge in [-0.3, -0.25) is 20.6 Å². The molecule has 0 bridgehead atoms. The molecular formula is C21H22ClN5O3S. The van der Waals surface area contributed by atoms with Gasteiger partial charge in [-0.25, -0.2) is 9.79 Å². The van der Waals surface area contributed by atoms with E-state index in [2.05, 4.69) is 10.9 Å². The highest BCUT2D eigenvalue weighted by molar-refractivity contribution is 7.16. The van der Waals surface area contributed by atoms with Crippen molar-refractivity contribution in [3.63, 3.8) is 0 Å². The number of fused-ring (bicyclic) bond motifs is 3. The van der Waals surface area contributed by atoms with Crippen molar-refractivity contribution in [1.29, 1.82) is 0 Å². The number of amides is 2. The minimum atomic E-state index is -0.312. The zero-order valence-electron chi connectivity index (χ0n) is 17.2. The summed E-state index contributed by atoms with van der Waals surface area (Å²) in [7, 11) is 0. The number of nitrogens with zero attached hydrogens (tertiary/aromatic N) is 3. The van der Waals surface area contributed by atoms with Gasteiger partial charge in [-0.15, -0.1) is 11.3 Å². The molecule has 2 aromatic rings. The monoisotopic (exact) mass is 459 g/mol. The van der Waals surface area contributed by atoms with Gasteiger partial charge in [-0.1, -0.05) is 29.8 Å². The summed E-state index contributed by atoms with van der Waals surface area (Å²) in [6.07, 6.45) is 0.362. The summed E-state index contributed by atoms with van der Waals surface area (Å²) in [4.78, 5) is 35.9. The normalized spacial score (nSPS) is 15.1. The fraction of sp³-hybridized carbons (Fsp3) is 0.333. The molecule has 0 unspecified atom stereocenters. The van der Waals surface area contributed by atoms with E-state index < -0.39 is 0 Å². The fourth-order valence-corrected chi connectivity index (χ4v) is 5.06. The number of rotatable bonds is 2. The second-order valence-electron chi connectivity index (χ2n) is 7.06. The van der Waals surface area contributed by atoms with E-state index >= 15 is 0 Å². The average Bonchev–Trinajstić information content (AvgIpc) is 3.00. The Hall–Kier alpha value is -2.91. The topological polar surface area (TPSA) is 95.4 Å². The summed E-state index contributed by atoms with van der Waals surface area (Å²) in [6, 6.07) is 7.58. The minimum Gasteiger partial charge on any atom is -0.450 e. The molecule has 0 spiro atoms. The van der Waals surface area contributed by atoms with Crippen LogP contribution in [-0.2, 0) is 22.5 Å². The number of carbonyl (C=O) groups excluding carboxylic acids is 2. The van der Waals surface area contributed by atoms with Crippen LogP contribution in [0.2, 0.25) is 5.02 Å². The molecule has 0 atom stereocenters. The average molecular weight is 460 g/mol. The Labute approximate surface area is 188 Å². The summed E-state index contributed by atoms with van der Waals surface area (Å²) in [6.45, 7) is 4.85. The van der Waals surface area contributed by atoms with Crippen molar-refractivity contribution in [2.45, 2.75) is 26.8 Å². The van der Waals surface area contributed by atoms with Crippen LogP contribution < -0.4 is 10.9 Å². The summed E-state index contributed by atoms with van der Waals surface area (Å²) < 4.78 is 5.17. The number of benzene rings is 1. The Morgan fingerprint density at radius 3 is 2.87 bits per heavy atom. The van der Waals surface area contributed by atoms with Crippen LogP contribution in [-0.4, -0.2) is 48.1 Å². The number of amidine groups is 1. The van der Waals surface area contributed by atoms with Gasteiger partial charge in [0.1, 0.15) is 10.8 Å². The van der Waals surface area contributed by atoms with Crippen LogP contribution in [0.3, 0.4) is 0 Å². The zero-order valence-corrected chi connectivity index (χ0v) is 18.8. The van der Waals surface area contributed by atoms with Crippen LogP contribution in [0.5, 0.6) is 0 Å². The molecule has 1 aromatic carbocycles. The zero-order chi connectivity index (χ0) is 22.0. The van der Waals surface area contributed by atoms with Gasteiger partial charge in [-0.05, 0) is 25.0 Å². The van der Waals surface area contributed by atoms with Crippen LogP contribution in [0, 0.1) is 0 Å². The van der Waals surface area contributed by atoms with Crippen molar-refractivity contribution >= 4 is 51.5 Å². The van der Waals surface area contributed by atoms with Crippen molar-refractivity contribution in [3.05, 3.63) is 50.9 Å². The molecule has 0 saturated heterocycles. The van der Waals surface area contributed by atoms with E-state index in [9.17, 15) is 9.59 Å². The Kier molecular flexibility index (Phi) is 6.24. The van der Waals surface area contributed by atoms with E-state index in [0.717, 1.165) is 32.3 Å². The number of nitrogens with one attached hydrogen (secondary N) is 2. The van der Waals surface area contributed by atoms with E-state index in [1.165, 1.54) is 18.3 Å². The summed E-state index contributed by atoms with van der Waals surface area (Å²) in [5.74, 6) is 0.303. The molecule has 0 radical (unpaired) electrons. The van der Waals surface area contributed by atoms with Crippen LogP contribution in [0.1, 0.15) is 35.4 Å². The standard InChI is InChI=1S/C21H22ClN5O3S/c1-3-30-21(29)27-9-8-14-16(11-27)31-20-18(14)19(13-6-4-5-7-15(13)22)23-10-17(24-20)26-25-12(2)28/h4-7H,3,8-11H2,1-2H3,(H,24,26)(H,25,28). The number of hydrogen-bond donors (Lipinski definition) is 2. The molecule has 31 heavy (non-hydrogen) atoms. The lowest BCUT2D eigenvalue weighted by Crippen LogP contribution is -2.41. The summed E-state index contributed by atoms with van der Waals surface area (Å²) in [5.41, 5.74) is 9.07. The maximum absolute atomic E-state index is 12.2. The van der Waals surface area contributed by atoms with E-state index in [1.54, 1.807) is 11.8 Å². The molecule has 2 aliphatic heterocycles. The number of thiophene rings is 1.